The lowest BCUT2D eigenvalue weighted by molar-refractivity contribution is -0.119. The molecule has 0 radical (unpaired) electrons. The van der Waals surface area contributed by atoms with Crippen LogP contribution in [0.15, 0.2) is 47.4 Å². The maximum absolute atomic E-state index is 12.9. The molecule has 1 aliphatic rings. The summed E-state index contributed by atoms with van der Waals surface area (Å²) in [6, 6.07) is 11.1. The van der Waals surface area contributed by atoms with E-state index in [0.717, 1.165) is 11.6 Å². The molecule has 168 valence electrons. The van der Waals surface area contributed by atoms with E-state index < -0.39 is 31.9 Å². The lowest BCUT2D eigenvalue weighted by Crippen LogP contribution is -2.31. The van der Waals surface area contributed by atoms with Crippen LogP contribution in [0.5, 0.6) is 11.5 Å². The van der Waals surface area contributed by atoms with Crippen molar-refractivity contribution in [1.82, 2.24) is 4.72 Å². The number of benzene rings is 2. The summed E-state index contributed by atoms with van der Waals surface area (Å²) in [5.41, 5.74) is 0.842. The van der Waals surface area contributed by atoms with Crippen molar-refractivity contribution in [1.29, 1.82) is 0 Å². The highest BCUT2D eigenvalue weighted by Crippen LogP contribution is 2.33. The Balaban J connectivity index is 1.86. The van der Waals surface area contributed by atoms with E-state index in [1.54, 1.807) is 19.2 Å². The highest BCUT2D eigenvalue weighted by Gasteiger charge is 2.42. The van der Waals surface area contributed by atoms with Crippen LogP contribution in [0.3, 0.4) is 0 Å². The summed E-state index contributed by atoms with van der Waals surface area (Å²) in [6.07, 6.45) is 0.412. The topological polar surface area (TPSA) is 119 Å². The van der Waals surface area contributed by atoms with Gasteiger partial charge in [-0.15, -0.1) is 0 Å². The van der Waals surface area contributed by atoms with Crippen LogP contribution in [0, 0.1) is 5.92 Å². The second kappa shape index (κ2) is 8.85. The van der Waals surface area contributed by atoms with Gasteiger partial charge in [-0.05, 0) is 42.3 Å². The van der Waals surface area contributed by atoms with Gasteiger partial charge in [0.25, 0.3) is 0 Å². The van der Waals surface area contributed by atoms with Crippen LogP contribution in [0.2, 0.25) is 0 Å². The summed E-state index contributed by atoms with van der Waals surface area (Å²) in [4.78, 5) is 12.1. The number of carbonyl (C=O) groups is 1. The first kappa shape index (κ1) is 23.0. The molecule has 0 bridgehead atoms. The maximum atomic E-state index is 12.9. The predicted molar refractivity (Wildman–Crippen MR) is 115 cm³/mol. The van der Waals surface area contributed by atoms with E-state index in [0.29, 0.717) is 16.5 Å². The molecule has 31 heavy (non-hydrogen) atoms. The van der Waals surface area contributed by atoms with Gasteiger partial charge in [-0.25, -0.2) is 25.9 Å². The van der Waals surface area contributed by atoms with Crippen molar-refractivity contribution in [3.05, 3.63) is 48.0 Å². The van der Waals surface area contributed by atoms with Crippen molar-refractivity contribution in [3.8, 4) is 11.5 Å². The number of methoxy groups -OCH3 is 2. The fourth-order valence-corrected chi connectivity index (χ4v) is 6.35. The molecule has 9 nitrogen and oxygen atoms in total. The molecular formula is C20H24N2O7S2. The zero-order valence-electron chi connectivity index (χ0n) is 17.4. The molecule has 1 unspecified atom stereocenters. The third-order valence-corrected chi connectivity index (χ3v) is 8.22. The lowest BCUT2D eigenvalue weighted by Gasteiger charge is -2.18. The third-order valence-electron chi connectivity index (χ3n) is 4.87. The van der Waals surface area contributed by atoms with E-state index in [1.807, 2.05) is 12.1 Å². The summed E-state index contributed by atoms with van der Waals surface area (Å²) < 4.78 is 64.1. The van der Waals surface area contributed by atoms with E-state index in [1.165, 1.54) is 26.2 Å². The Kier molecular flexibility index (Phi) is 6.58. The van der Waals surface area contributed by atoms with Gasteiger partial charge in [0, 0.05) is 6.54 Å². The minimum atomic E-state index is -4.05. The Morgan fingerprint density at radius 3 is 2.48 bits per heavy atom. The number of hydrogen-bond donors (Lipinski definition) is 1. The first-order valence-electron chi connectivity index (χ1n) is 9.46. The minimum Gasteiger partial charge on any atom is -0.497 e. The van der Waals surface area contributed by atoms with Crippen LogP contribution in [-0.4, -0.2) is 49.3 Å². The summed E-state index contributed by atoms with van der Waals surface area (Å²) in [6.45, 7) is 1.61. The molecule has 1 N–H and O–H groups in total. The highest BCUT2D eigenvalue weighted by molar-refractivity contribution is 7.94. The van der Waals surface area contributed by atoms with Crippen molar-refractivity contribution >= 4 is 31.6 Å². The maximum Gasteiger partial charge on any atom is 0.244 e. The molecule has 1 fully saturated rings. The Hall–Kier alpha value is -2.63. The minimum absolute atomic E-state index is 0.0368. The Morgan fingerprint density at radius 1 is 1.13 bits per heavy atom. The average molecular weight is 469 g/mol. The fourth-order valence-electron chi connectivity index (χ4n) is 3.32. The molecule has 1 aliphatic heterocycles. The molecule has 1 saturated heterocycles. The molecular weight excluding hydrogens is 444 g/mol. The average Bonchev–Trinajstić information content (AvgIpc) is 2.94. The fraction of sp³-hybridized carbons (Fsp3) is 0.350. The van der Waals surface area contributed by atoms with Gasteiger partial charge >= 0.3 is 0 Å². The van der Waals surface area contributed by atoms with Gasteiger partial charge in [-0.3, -0.25) is 4.79 Å². The number of hydrogen-bond acceptors (Lipinski definition) is 7. The SMILES string of the molecule is COc1cccc(CCNS(=O)(=O)c2cc(N3C(=O)C(C)CS3(=O)=O)ccc2OC)c1. The summed E-state index contributed by atoms with van der Waals surface area (Å²) in [5, 5.41) is 0. The highest BCUT2D eigenvalue weighted by atomic mass is 32.2. The monoisotopic (exact) mass is 468 g/mol. The van der Waals surface area contributed by atoms with E-state index in [2.05, 4.69) is 4.72 Å². The Labute approximate surface area is 182 Å². The molecule has 0 aromatic heterocycles. The number of nitrogens with zero attached hydrogens (tertiary/aromatic N) is 1. The zero-order chi connectivity index (χ0) is 22.8. The van der Waals surface area contributed by atoms with Crippen LogP contribution in [0.4, 0.5) is 5.69 Å². The number of amides is 1. The molecule has 0 spiro atoms. The molecule has 11 heteroatoms. The summed E-state index contributed by atoms with van der Waals surface area (Å²) >= 11 is 0. The molecule has 2 aromatic carbocycles. The Morgan fingerprint density at radius 2 is 1.87 bits per heavy atom. The van der Waals surface area contributed by atoms with Crippen molar-refractivity contribution in [2.45, 2.75) is 18.2 Å². The standard InChI is InChI=1S/C20H24N2O7S2/c1-14-13-30(24,25)22(20(14)23)16-7-8-18(29-3)19(12-16)31(26,27)21-10-9-15-5-4-6-17(11-15)28-2/h4-8,11-12,14,21H,9-10,13H2,1-3H3. The van der Waals surface area contributed by atoms with Crippen molar-refractivity contribution in [2.75, 3.05) is 30.8 Å². The van der Waals surface area contributed by atoms with Gasteiger partial charge < -0.3 is 9.47 Å². The van der Waals surface area contributed by atoms with Gasteiger partial charge in [-0.2, -0.15) is 0 Å². The third kappa shape index (κ3) is 4.83. The molecule has 3 rings (SSSR count). The molecule has 1 amide bonds. The van der Waals surface area contributed by atoms with Crippen LogP contribution in [0.25, 0.3) is 0 Å². The van der Waals surface area contributed by atoms with Crippen LogP contribution >= 0.6 is 0 Å². The number of anilines is 1. The van der Waals surface area contributed by atoms with Crippen molar-refractivity contribution in [3.63, 3.8) is 0 Å². The quantitative estimate of drug-likeness (QED) is 0.624. The molecule has 0 saturated carbocycles. The number of sulfonamides is 2. The summed E-state index contributed by atoms with van der Waals surface area (Å²) in [5.74, 6) is -0.915. The number of rotatable bonds is 8. The zero-order valence-corrected chi connectivity index (χ0v) is 19.0. The lowest BCUT2D eigenvalue weighted by atomic mass is 10.1. The molecule has 2 aromatic rings. The predicted octanol–water partition coefficient (Wildman–Crippen LogP) is 1.54. The van der Waals surface area contributed by atoms with E-state index in [9.17, 15) is 21.6 Å². The second-order valence-corrected chi connectivity index (χ2v) is 10.7. The molecule has 1 heterocycles. The number of nitrogens with one attached hydrogen (secondary N) is 1. The van der Waals surface area contributed by atoms with Crippen LogP contribution in [-0.2, 0) is 31.3 Å². The smallest absolute Gasteiger partial charge is 0.244 e. The molecule has 1 atom stereocenters. The van der Waals surface area contributed by atoms with Gasteiger partial charge in [-0.1, -0.05) is 19.1 Å². The summed E-state index contributed by atoms with van der Waals surface area (Å²) in [7, 11) is -5.05. The van der Waals surface area contributed by atoms with Gasteiger partial charge in [0.2, 0.25) is 26.0 Å². The van der Waals surface area contributed by atoms with Crippen molar-refractivity contribution in [2.24, 2.45) is 5.92 Å². The second-order valence-electron chi connectivity index (χ2n) is 7.12. The Bertz CT molecular complexity index is 1190. The van der Waals surface area contributed by atoms with Crippen molar-refractivity contribution < 1.29 is 31.1 Å². The van der Waals surface area contributed by atoms with Gasteiger partial charge in [0.15, 0.2) is 0 Å². The van der Waals surface area contributed by atoms with Gasteiger partial charge in [0.05, 0.1) is 31.6 Å². The normalized spacial score (nSPS) is 18.2. The van der Waals surface area contributed by atoms with E-state index in [4.69, 9.17) is 9.47 Å². The number of ether oxygens (including phenoxy) is 2. The van der Waals surface area contributed by atoms with Crippen LogP contribution < -0.4 is 18.5 Å². The van der Waals surface area contributed by atoms with Gasteiger partial charge in [0.1, 0.15) is 16.4 Å². The largest absolute Gasteiger partial charge is 0.497 e. The molecule has 0 aliphatic carbocycles. The number of carbonyl (C=O) groups excluding carboxylic acids is 1. The van der Waals surface area contributed by atoms with E-state index >= 15 is 0 Å². The first-order valence-corrected chi connectivity index (χ1v) is 12.6. The van der Waals surface area contributed by atoms with Crippen LogP contribution in [0.1, 0.15) is 12.5 Å². The van der Waals surface area contributed by atoms with E-state index in [-0.39, 0.29) is 28.6 Å². The first-order chi connectivity index (χ1) is 14.6.